The summed E-state index contributed by atoms with van der Waals surface area (Å²) in [7, 11) is 0. The Morgan fingerprint density at radius 2 is 1.07 bits per heavy atom. The van der Waals surface area contributed by atoms with Crippen molar-refractivity contribution in [2.45, 2.75) is 40.2 Å². The summed E-state index contributed by atoms with van der Waals surface area (Å²) in [4.78, 5) is 28.8. The first-order chi connectivity index (χ1) is 13.7. The number of carboxylic acids is 3. The molecule has 30 heavy (non-hydrogen) atoms. The second-order valence-corrected chi connectivity index (χ2v) is 5.89. The highest BCUT2D eigenvalue weighted by Gasteiger charge is 2.19. The maximum Gasteiger partial charge on any atom is 0.330 e. The van der Waals surface area contributed by atoms with Gasteiger partial charge in [-0.25, -0.2) is 14.4 Å². The van der Waals surface area contributed by atoms with Gasteiger partial charge in [-0.15, -0.1) is 0 Å². The van der Waals surface area contributed by atoms with Gasteiger partial charge < -0.3 is 35.4 Å². The Hall–Kier alpha value is -2.53. The molecule has 0 amide bonds. The number of aliphatic hydroxyl groups is 3. The second kappa shape index (κ2) is 22.8. The molecule has 0 fully saturated rings. The fourth-order valence-electron chi connectivity index (χ4n) is 1.11. The number of hydrogen-bond acceptors (Lipinski definition) is 7. The van der Waals surface area contributed by atoms with Gasteiger partial charge >= 0.3 is 17.9 Å². The fraction of sp³-hybridized carbons (Fsp3) is 0.550. The third-order valence-corrected chi connectivity index (χ3v) is 2.92. The van der Waals surface area contributed by atoms with Crippen LogP contribution in [0.25, 0.3) is 0 Å². The molecule has 0 saturated heterocycles. The Bertz CT molecular complexity index is 435. The molecule has 10 nitrogen and oxygen atoms in total. The van der Waals surface area contributed by atoms with E-state index in [9.17, 15) is 14.4 Å². The van der Waals surface area contributed by atoms with Gasteiger partial charge in [-0.3, -0.25) is 0 Å². The lowest BCUT2D eigenvalue weighted by Gasteiger charge is -2.22. The van der Waals surface area contributed by atoms with Crippen LogP contribution < -0.4 is 0 Å². The average Bonchev–Trinajstić information content (AvgIpc) is 2.65. The van der Waals surface area contributed by atoms with E-state index in [1.54, 1.807) is 0 Å². The van der Waals surface area contributed by atoms with Crippen molar-refractivity contribution < 1.29 is 49.8 Å². The van der Waals surface area contributed by atoms with Crippen molar-refractivity contribution in [2.75, 3.05) is 26.4 Å². The number of carbonyl (C=O) groups is 3. The molecule has 0 heterocycles. The first-order valence-corrected chi connectivity index (χ1v) is 8.83. The van der Waals surface area contributed by atoms with Gasteiger partial charge in [-0.2, -0.15) is 0 Å². The molecule has 2 unspecified atom stereocenters. The lowest BCUT2D eigenvalue weighted by atomic mass is 10.0. The molecule has 0 spiro atoms. The van der Waals surface area contributed by atoms with Crippen LogP contribution in [-0.2, 0) is 19.1 Å². The molecule has 0 aliphatic rings. The van der Waals surface area contributed by atoms with Crippen LogP contribution in [-0.4, -0.2) is 81.1 Å². The zero-order valence-corrected chi connectivity index (χ0v) is 18.1. The Balaban J connectivity index is -0.000000161. The van der Waals surface area contributed by atoms with Crippen molar-refractivity contribution >= 4 is 17.9 Å². The molecular weight excluding hydrogens is 400 g/mol. The summed E-state index contributed by atoms with van der Waals surface area (Å²) in [6.07, 6.45) is 0.106. The number of aliphatic carboxylic acids is 3. The SMILES string of the molecule is C=C(C)C(=O)O.C=C(C)C(=O)O.C=C(C)C(=O)O.CCOC(CO)C(CO)CCO. The van der Waals surface area contributed by atoms with Crippen LogP contribution in [0.15, 0.2) is 36.5 Å². The minimum atomic E-state index is -0.935. The minimum absolute atomic E-state index is 0.00873. The van der Waals surface area contributed by atoms with Gasteiger partial charge in [0, 0.05) is 42.5 Å². The third kappa shape index (κ3) is 27.7. The van der Waals surface area contributed by atoms with E-state index in [0.29, 0.717) is 13.0 Å². The zero-order chi connectivity index (χ0) is 24.9. The number of rotatable bonds is 10. The van der Waals surface area contributed by atoms with Gasteiger partial charge in [0.2, 0.25) is 0 Å². The van der Waals surface area contributed by atoms with Crippen molar-refractivity contribution in [1.29, 1.82) is 0 Å². The summed E-state index contributed by atoms with van der Waals surface area (Å²) in [6, 6.07) is 0. The van der Waals surface area contributed by atoms with E-state index in [1.807, 2.05) is 6.92 Å². The van der Waals surface area contributed by atoms with Crippen LogP contribution in [0.4, 0.5) is 0 Å². The van der Waals surface area contributed by atoms with Gasteiger partial charge in [0.25, 0.3) is 0 Å². The van der Waals surface area contributed by atoms with E-state index in [-0.39, 0.29) is 48.6 Å². The zero-order valence-electron chi connectivity index (χ0n) is 18.1. The highest BCUT2D eigenvalue weighted by atomic mass is 16.5. The molecular formula is C20H36O10. The van der Waals surface area contributed by atoms with Crippen LogP contribution in [0, 0.1) is 5.92 Å². The van der Waals surface area contributed by atoms with Crippen molar-refractivity contribution in [3.05, 3.63) is 36.5 Å². The highest BCUT2D eigenvalue weighted by Crippen LogP contribution is 2.11. The van der Waals surface area contributed by atoms with Gasteiger partial charge in [0.1, 0.15) is 0 Å². The molecule has 0 aromatic rings. The van der Waals surface area contributed by atoms with Crippen molar-refractivity contribution in [3.8, 4) is 0 Å². The number of aliphatic hydroxyl groups excluding tert-OH is 3. The summed E-state index contributed by atoms with van der Waals surface area (Å²) < 4.78 is 5.18. The van der Waals surface area contributed by atoms with Crippen molar-refractivity contribution in [1.82, 2.24) is 0 Å². The van der Waals surface area contributed by atoms with E-state index in [0.717, 1.165) is 0 Å². The maximum atomic E-state index is 9.60. The second-order valence-electron chi connectivity index (χ2n) is 5.89. The van der Waals surface area contributed by atoms with E-state index in [1.165, 1.54) is 20.8 Å². The predicted octanol–water partition coefficient (Wildman–Crippen LogP) is 1.32. The third-order valence-electron chi connectivity index (χ3n) is 2.92. The molecule has 2 atom stereocenters. The molecule has 0 radical (unpaired) electrons. The molecule has 0 rings (SSSR count). The predicted molar refractivity (Wildman–Crippen MR) is 112 cm³/mol. The monoisotopic (exact) mass is 436 g/mol. The van der Waals surface area contributed by atoms with Crippen LogP contribution in [0.5, 0.6) is 0 Å². The summed E-state index contributed by atoms with van der Waals surface area (Å²) in [5.41, 5.74) is 0.528. The van der Waals surface area contributed by atoms with E-state index in [2.05, 4.69) is 19.7 Å². The highest BCUT2D eigenvalue weighted by molar-refractivity contribution is 5.85. The standard InChI is InChI=1S/C8H18O4.3C4H6O2/c1-2-12-8(6-11)7(5-10)3-4-9;3*1-3(2)4(5)6/h7-11H,2-6H2,1H3;3*1H2,2H3,(H,5,6). The normalized spacial score (nSPS) is 10.9. The van der Waals surface area contributed by atoms with Crippen LogP contribution in [0.1, 0.15) is 34.1 Å². The molecule has 0 bridgehead atoms. The first kappa shape index (κ1) is 34.9. The number of hydrogen-bond donors (Lipinski definition) is 6. The Labute approximate surface area is 177 Å². The van der Waals surface area contributed by atoms with Crippen LogP contribution in [0.3, 0.4) is 0 Å². The largest absolute Gasteiger partial charge is 0.478 e. The molecule has 176 valence electrons. The van der Waals surface area contributed by atoms with Crippen LogP contribution >= 0.6 is 0 Å². The summed E-state index contributed by atoms with van der Waals surface area (Å²) in [6.45, 7) is 16.0. The molecule has 10 heteroatoms. The number of ether oxygens (including phenoxy) is 1. The molecule has 0 aromatic carbocycles. The van der Waals surface area contributed by atoms with Gasteiger partial charge in [0.05, 0.1) is 12.7 Å². The van der Waals surface area contributed by atoms with E-state index >= 15 is 0 Å². The average molecular weight is 436 g/mol. The minimum Gasteiger partial charge on any atom is -0.478 e. The summed E-state index contributed by atoms with van der Waals surface area (Å²) in [5, 5.41) is 50.1. The smallest absolute Gasteiger partial charge is 0.330 e. The lowest BCUT2D eigenvalue weighted by Crippen LogP contribution is -2.31. The first-order valence-electron chi connectivity index (χ1n) is 8.83. The molecule has 0 aliphatic heterocycles. The Kier molecular flexibility index (Phi) is 26.5. The number of carboxylic acid groups (broad SMARTS) is 3. The van der Waals surface area contributed by atoms with E-state index < -0.39 is 17.9 Å². The quantitative estimate of drug-likeness (QED) is 0.273. The van der Waals surface area contributed by atoms with Gasteiger partial charge in [0.15, 0.2) is 0 Å². The molecule has 0 aromatic heterocycles. The van der Waals surface area contributed by atoms with Crippen molar-refractivity contribution in [2.24, 2.45) is 5.92 Å². The molecule has 6 N–H and O–H groups in total. The topological polar surface area (TPSA) is 182 Å². The Morgan fingerprint density at radius 1 is 0.767 bits per heavy atom. The fourth-order valence-corrected chi connectivity index (χ4v) is 1.11. The Morgan fingerprint density at radius 3 is 1.20 bits per heavy atom. The molecule has 0 aliphatic carbocycles. The maximum absolute atomic E-state index is 9.60. The lowest BCUT2D eigenvalue weighted by molar-refractivity contribution is -0.133. The van der Waals surface area contributed by atoms with Gasteiger partial charge in [-0.1, -0.05) is 19.7 Å². The summed E-state index contributed by atoms with van der Waals surface area (Å²) >= 11 is 0. The van der Waals surface area contributed by atoms with Crippen molar-refractivity contribution in [3.63, 3.8) is 0 Å². The molecule has 0 saturated carbocycles. The van der Waals surface area contributed by atoms with Gasteiger partial charge in [-0.05, 0) is 34.1 Å². The van der Waals surface area contributed by atoms with Crippen LogP contribution in [0.2, 0.25) is 0 Å². The summed E-state index contributed by atoms with van der Waals surface area (Å²) in [5.74, 6) is -2.97. The van der Waals surface area contributed by atoms with E-state index in [4.69, 9.17) is 35.4 Å².